The average molecular weight is 264 g/mol. The molecule has 0 aromatic heterocycles. The summed E-state index contributed by atoms with van der Waals surface area (Å²) in [6.07, 6.45) is 12.8. The van der Waals surface area contributed by atoms with E-state index in [1.807, 2.05) is 0 Å². The first-order chi connectivity index (χ1) is 9.31. The number of fused-ring (bicyclic) bond motifs is 3. The standard InChI is InChI=1S/C16H28N2O/c1-2-3-4-8-14-12-13-7-5-6-11-17(13)15-9-10-16(19)18(14)15/h13-15H,2-12H2,1H3/t13-,14-,15-/m1/s1. The molecule has 0 aromatic rings. The second kappa shape index (κ2) is 5.82. The van der Waals surface area contributed by atoms with Crippen LogP contribution in [0.15, 0.2) is 0 Å². The molecule has 0 spiro atoms. The van der Waals surface area contributed by atoms with E-state index in [-0.39, 0.29) is 0 Å². The largest absolute Gasteiger partial charge is 0.324 e. The van der Waals surface area contributed by atoms with Gasteiger partial charge in [-0.3, -0.25) is 9.69 Å². The highest BCUT2D eigenvalue weighted by atomic mass is 16.2. The van der Waals surface area contributed by atoms with Crippen molar-refractivity contribution in [3.63, 3.8) is 0 Å². The van der Waals surface area contributed by atoms with E-state index in [0.29, 0.717) is 18.1 Å². The maximum absolute atomic E-state index is 12.2. The van der Waals surface area contributed by atoms with Crippen LogP contribution in [-0.2, 0) is 4.79 Å². The molecular weight excluding hydrogens is 236 g/mol. The Morgan fingerprint density at radius 1 is 1.21 bits per heavy atom. The number of amides is 1. The molecular formula is C16H28N2O. The van der Waals surface area contributed by atoms with E-state index in [9.17, 15) is 4.79 Å². The van der Waals surface area contributed by atoms with Crippen LogP contribution < -0.4 is 0 Å². The molecule has 3 aliphatic heterocycles. The first kappa shape index (κ1) is 13.4. The highest BCUT2D eigenvalue weighted by Gasteiger charge is 2.46. The van der Waals surface area contributed by atoms with Gasteiger partial charge in [0.2, 0.25) is 5.91 Å². The molecule has 3 heteroatoms. The normalized spacial score (nSPS) is 35.3. The number of nitrogens with zero attached hydrogens (tertiary/aromatic N) is 2. The van der Waals surface area contributed by atoms with Gasteiger partial charge < -0.3 is 4.90 Å². The van der Waals surface area contributed by atoms with Gasteiger partial charge in [0.25, 0.3) is 0 Å². The molecule has 3 aliphatic rings. The number of rotatable bonds is 4. The third-order valence-corrected chi connectivity index (χ3v) is 5.36. The van der Waals surface area contributed by atoms with Crippen molar-refractivity contribution < 1.29 is 4.79 Å². The van der Waals surface area contributed by atoms with E-state index in [1.165, 1.54) is 57.9 Å². The highest BCUT2D eigenvalue weighted by molar-refractivity contribution is 5.79. The molecule has 1 amide bonds. The smallest absolute Gasteiger partial charge is 0.224 e. The van der Waals surface area contributed by atoms with Crippen molar-refractivity contribution in [3.8, 4) is 0 Å². The summed E-state index contributed by atoms with van der Waals surface area (Å²) in [7, 11) is 0. The summed E-state index contributed by atoms with van der Waals surface area (Å²) in [5, 5.41) is 0. The van der Waals surface area contributed by atoms with Crippen LogP contribution in [0.25, 0.3) is 0 Å². The Balaban J connectivity index is 1.71. The summed E-state index contributed by atoms with van der Waals surface area (Å²) in [6, 6.07) is 1.32. The fourth-order valence-electron chi connectivity index (χ4n) is 4.44. The van der Waals surface area contributed by atoms with Gasteiger partial charge in [0, 0.05) is 25.0 Å². The average Bonchev–Trinajstić information content (AvgIpc) is 2.82. The van der Waals surface area contributed by atoms with Crippen molar-refractivity contribution in [1.82, 2.24) is 9.80 Å². The lowest BCUT2D eigenvalue weighted by Gasteiger charge is -2.51. The summed E-state index contributed by atoms with van der Waals surface area (Å²) in [6.45, 7) is 3.48. The summed E-state index contributed by atoms with van der Waals surface area (Å²) in [5.74, 6) is 0.426. The van der Waals surface area contributed by atoms with Crippen LogP contribution in [0.3, 0.4) is 0 Å². The number of unbranched alkanes of at least 4 members (excludes halogenated alkanes) is 2. The van der Waals surface area contributed by atoms with Crippen LogP contribution in [0.5, 0.6) is 0 Å². The van der Waals surface area contributed by atoms with Gasteiger partial charge >= 0.3 is 0 Å². The van der Waals surface area contributed by atoms with Crippen LogP contribution >= 0.6 is 0 Å². The van der Waals surface area contributed by atoms with Crippen molar-refractivity contribution in [2.75, 3.05) is 6.54 Å². The van der Waals surface area contributed by atoms with E-state index in [1.54, 1.807) is 0 Å². The topological polar surface area (TPSA) is 23.6 Å². The SMILES string of the molecule is CCCCC[C@@H]1C[C@H]2CCCCN2[C@H]2CCC(=O)N12. The molecule has 3 saturated heterocycles. The van der Waals surface area contributed by atoms with Gasteiger partial charge in [-0.15, -0.1) is 0 Å². The minimum Gasteiger partial charge on any atom is -0.324 e. The molecule has 3 fully saturated rings. The second-order valence-corrected chi connectivity index (χ2v) is 6.59. The van der Waals surface area contributed by atoms with Gasteiger partial charge in [0.05, 0.1) is 6.17 Å². The van der Waals surface area contributed by atoms with Crippen molar-refractivity contribution >= 4 is 5.91 Å². The van der Waals surface area contributed by atoms with Gasteiger partial charge in [-0.2, -0.15) is 0 Å². The Hall–Kier alpha value is -0.570. The molecule has 0 radical (unpaired) electrons. The van der Waals surface area contributed by atoms with Gasteiger partial charge in [-0.25, -0.2) is 0 Å². The van der Waals surface area contributed by atoms with E-state index in [0.717, 1.165) is 18.9 Å². The second-order valence-electron chi connectivity index (χ2n) is 6.59. The minimum atomic E-state index is 0.426. The van der Waals surface area contributed by atoms with Gasteiger partial charge in [-0.05, 0) is 32.1 Å². The number of hydrogen-bond donors (Lipinski definition) is 0. The molecule has 0 aromatic carbocycles. The molecule has 3 nitrogen and oxygen atoms in total. The van der Waals surface area contributed by atoms with E-state index in [4.69, 9.17) is 0 Å². The van der Waals surface area contributed by atoms with Crippen LogP contribution in [0.2, 0.25) is 0 Å². The monoisotopic (exact) mass is 264 g/mol. The molecule has 0 saturated carbocycles. The zero-order valence-corrected chi connectivity index (χ0v) is 12.3. The Morgan fingerprint density at radius 3 is 2.95 bits per heavy atom. The van der Waals surface area contributed by atoms with Crippen LogP contribution in [0, 0.1) is 0 Å². The van der Waals surface area contributed by atoms with E-state index >= 15 is 0 Å². The van der Waals surface area contributed by atoms with Gasteiger partial charge in [0.1, 0.15) is 0 Å². The summed E-state index contributed by atoms with van der Waals surface area (Å²) in [4.78, 5) is 17.2. The Labute approximate surface area is 117 Å². The zero-order valence-electron chi connectivity index (χ0n) is 12.3. The molecule has 0 bridgehead atoms. The van der Waals surface area contributed by atoms with Crippen molar-refractivity contribution in [3.05, 3.63) is 0 Å². The molecule has 3 heterocycles. The number of carbonyl (C=O) groups is 1. The van der Waals surface area contributed by atoms with Crippen molar-refractivity contribution in [2.45, 2.75) is 89.4 Å². The highest BCUT2D eigenvalue weighted by Crippen LogP contribution is 2.38. The van der Waals surface area contributed by atoms with E-state index < -0.39 is 0 Å². The lowest BCUT2D eigenvalue weighted by atomic mass is 9.89. The molecule has 3 atom stereocenters. The maximum Gasteiger partial charge on any atom is 0.224 e. The Morgan fingerprint density at radius 2 is 2.11 bits per heavy atom. The van der Waals surface area contributed by atoms with Gasteiger partial charge in [-0.1, -0.05) is 32.6 Å². The molecule has 3 rings (SSSR count). The molecule has 0 N–H and O–H groups in total. The quantitative estimate of drug-likeness (QED) is 0.728. The Bertz CT molecular complexity index is 331. The predicted molar refractivity (Wildman–Crippen MR) is 76.8 cm³/mol. The Kier molecular flexibility index (Phi) is 4.11. The van der Waals surface area contributed by atoms with Crippen LogP contribution in [0.1, 0.15) is 71.1 Å². The fourth-order valence-corrected chi connectivity index (χ4v) is 4.44. The van der Waals surface area contributed by atoms with Gasteiger partial charge in [0.15, 0.2) is 0 Å². The summed E-state index contributed by atoms with van der Waals surface area (Å²) < 4.78 is 0. The number of carbonyl (C=O) groups excluding carboxylic acids is 1. The van der Waals surface area contributed by atoms with Crippen LogP contribution in [0.4, 0.5) is 0 Å². The molecule has 19 heavy (non-hydrogen) atoms. The lowest BCUT2D eigenvalue weighted by Crippen LogP contribution is -2.61. The summed E-state index contributed by atoms with van der Waals surface area (Å²) >= 11 is 0. The zero-order chi connectivity index (χ0) is 13.2. The van der Waals surface area contributed by atoms with E-state index in [2.05, 4.69) is 16.7 Å². The third kappa shape index (κ3) is 2.54. The molecule has 0 aliphatic carbocycles. The van der Waals surface area contributed by atoms with Crippen molar-refractivity contribution in [2.24, 2.45) is 0 Å². The number of piperidine rings is 1. The molecule has 0 unspecified atom stereocenters. The first-order valence-corrected chi connectivity index (χ1v) is 8.38. The lowest BCUT2D eigenvalue weighted by molar-refractivity contribution is -0.142. The maximum atomic E-state index is 12.2. The molecule has 108 valence electrons. The first-order valence-electron chi connectivity index (χ1n) is 8.38. The van der Waals surface area contributed by atoms with Crippen molar-refractivity contribution in [1.29, 1.82) is 0 Å². The number of hydrogen-bond acceptors (Lipinski definition) is 2. The minimum absolute atomic E-state index is 0.426. The third-order valence-electron chi connectivity index (χ3n) is 5.36. The summed E-state index contributed by atoms with van der Waals surface area (Å²) in [5.41, 5.74) is 0. The van der Waals surface area contributed by atoms with Crippen LogP contribution in [-0.4, -0.2) is 40.5 Å². The predicted octanol–water partition coefficient (Wildman–Crippen LogP) is 3.14. The fraction of sp³-hybridized carbons (Fsp3) is 0.938.